The Morgan fingerprint density at radius 2 is 2.06 bits per heavy atom. The van der Waals surface area contributed by atoms with Crippen LogP contribution in [0.15, 0.2) is 59.7 Å². The number of likely N-dealkylation sites (N-methyl/N-ethyl adjacent to an activating group) is 1. The van der Waals surface area contributed by atoms with Crippen LogP contribution in [0.1, 0.15) is 18.7 Å². The highest BCUT2D eigenvalue weighted by molar-refractivity contribution is 5.75. The van der Waals surface area contributed by atoms with Crippen molar-refractivity contribution in [2.24, 2.45) is 0 Å². The van der Waals surface area contributed by atoms with Gasteiger partial charge in [0.25, 0.3) is 5.56 Å². The maximum absolute atomic E-state index is 12.6. The van der Waals surface area contributed by atoms with Crippen LogP contribution in [0.2, 0.25) is 0 Å². The van der Waals surface area contributed by atoms with E-state index in [9.17, 15) is 4.79 Å². The third-order valence-corrected chi connectivity index (χ3v) is 5.66. The van der Waals surface area contributed by atoms with Crippen molar-refractivity contribution in [3.63, 3.8) is 0 Å². The zero-order valence-electron chi connectivity index (χ0n) is 17.3. The Labute approximate surface area is 179 Å². The number of para-hydroxylation sites is 1. The fourth-order valence-corrected chi connectivity index (χ4v) is 4.25. The van der Waals surface area contributed by atoms with Crippen molar-refractivity contribution < 1.29 is 0 Å². The van der Waals surface area contributed by atoms with E-state index in [4.69, 9.17) is 4.98 Å². The second-order valence-electron chi connectivity index (χ2n) is 7.91. The summed E-state index contributed by atoms with van der Waals surface area (Å²) in [7, 11) is 2.05. The molecule has 9 heteroatoms. The van der Waals surface area contributed by atoms with Crippen LogP contribution >= 0.6 is 0 Å². The number of rotatable bonds is 6. The van der Waals surface area contributed by atoms with E-state index in [2.05, 4.69) is 30.1 Å². The van der Waals surface area contributed by atoms with E-state index < -0.39 is 0 Å². The molecule has 0 amide bonds. The molecule has 3 aromatic heterocycles. The molecule has 158 valence electrons. The van der Waals surface area contributed by atoms with Gasteiger partial charge < -0.3 is 9.88 Å². The lowest BCUT2D eigenvalue weighted by atomic mass is 10.2. The maximum Gasteiger partial charge on any atom is 0.262 e. The number of benzene rings is 1. The lowest BCUT2D eigenvalue weighted by Crippen LogP contribution is -2.39. The number of aromatic nitrogens is 6. The third-order valence-electron chi connectivity index (χ3n) is 5.66. The van der Waals surface area contributed by atoms with Gasteiger partial charge in [0.1, 0.15) is 11.2 Å². The summed E-state index contributed by atoms with van der Waals surface area (Å²) in [4.78, 5) is 24.8. The molecule has 1 N–H and O–H groups in total. The van der Waals surface area contributed by atoms with Crippen LogP contribution in [-0.4, -0.2) is 61.0 Å². The molecule has 0 bridgehead atoms. The molecule has 1 aliphatic rings. The molecule has 1 fully saturated rings. The Hall–Kier alpha value is -3.59. The smallest absolute Gasteiger partial charge is 0.262 e. The second kappa shape index (κ2) is 8.27. The molecular weight excluding hydrogens is 392 g/mol. The van der Waals surface area contributed by atoms with Gasteiger partial charge in [0.2, 0.25) is 0 Å². The number of aromatic amines is 1. The van der Waals surface area contributed by atoms with Crippen molar-refractivity contribution in [3.8, 4) is 5.69 Å². The molecule has 0 saturated carbocycles. The number of hydrogen-bond donors (Lipinski definition) is 1. The number of hydrogen-bond acceptors (Lipinski definition) is 7. The van der Waals surface area contributed by atoms with Crippen LogP contribution in [0.3, 0.4) is 0 Å². The summed E-state index contributed by atoms with van der Waals surface area (Å²) in [5.74, 6) is 1.54. The second-order valence-corrected chi connectivity index (χ2v) is 7.91. The molecule has 5 rings (SSSR count). The largest absolute Gasteiger partial charge is 0.351 e. The molecule has 9 nitrogen and oxygen atoms in total. The van der Waals surface area contributed by atoms with Gasteiger partial charge in [0.15, 0.2) is 11.5 Å². The highest BCUT2D eigenvalue weighted by atomic mass is 16.1. The normalized spacial score (nSPS) is 16.5. The Morgan fingerprint density at radius 1 is 1.19 bits per heavy atom. The van der Waals surface area contributed by atoms with Gasteiger partial charge in [-0.25, -0.2) is 9.67 Å². The van der Waals surface area contributed by atoms with E-state index in [1.54, 1.807) is 17.1 Å². The van der Waals surface area contributed by atoms with Crippen molar-refractivity contribution in [1.82, 2.24) is 34.8 Å². The first kappa shape index (κ1) is 19.4. The van der Waals surface area contributed by atoms with Gasteiger partial charge in [-0.05, 0) is 44.2 Å². The number of anilines is 1. The predicted molar refractivity (Wildman–Crippen MR) is 118 cm³/mol. The molecule has 1 unspecified atom stereocenters. The van der Waals surface area contributed by atoms with Gasteiger partial charge in [-0.15, -0.1) is 5.10 Å². The quantitative estimate of drug-likeness (QED) is 0.514. The Balaban J connectivity index is 1.36. The Bertz CT molecular complexity index is 1220. The highest BCUT2D eigenvalue weighted by Crippen LogP contribution is 2.23. The number of fused-ring (bicyclic) bond motifs is 1. The van der Waals surface area contributed by atoms with Crippen molar-refractivity contribution >= 4 is 16.9 Å². The SMILES string of the molecule is CN(Cc1nc2c(cnn2-c2ccccc2)c(=O)[nH]1)CC1CCCN1c1cccnn1. The number of nitrogens with one attached hydrogen (secondary N) is 1. The van der Waals surface area contributed by atoms with Crippen LogP contribution in [0, 0.1) is 0 Å². The van der Waals surface area contributed by atoms with Crippen molar-refractivity contribution in [3.05, 3.63) is 71.0 Å². The molecule has 1 aliphatic heterocycles. The molecule has 0 spiro atoms. The number of H-pyrrole nitrogens is 1. The van der Waals surface area contributed by atoms with E-state index in [0.29, 0.717) is 29.4 Å². The Kier molecular flexibility index (Phi) is 5.17. The molecule has 0 radical (unpaired) electrons. The summed E-state index contributed by atoms with van der Waals surface area (Å²) < 4.78 is 1.71. The summed E-state index contributed by atoms with van der Waals surface area (Å²) in [5.41, 5.74) is 1.28. The molecule has 1 saturated heterocycles. The predicted octanol–water partition coefficient (Wildman–Crippen LogP) is 2.00. The average molecular weight is 416 g/mol. The average Bonchev–Trinajstić information content (AvgIpc) is 3.42. The van der Waals surface area contributed by atoms with Crippen LogP contribution in [0.4, 0.5) is 5.82 Å². The first-order valence-corrected chi connectivity index (χ1v) is 10.4. The van der Waals surface area contributed by atoms with E-state index in [0.717, 1.165) is 37.4 Å². The maximum atomic E-state index is 12.6. The van der Waals surface area contributed by atoms with E-state index in [1.807, 2.05) is 49.5 Å². The first-order valence-electron chi connectivity index (χ1n) is 10.4. The molecule has 31 heavy (non-hydrogen) atoms. The lowest BCUT2D eigenvalue weighted by Gasteiger charge is -2.29. The highest BCUT2D eigenvalue weighted by Gasteiger charge is 2.27. The van der Waals surface area contributed by atoms with Gasteiger partial charge in [-0.2, -0.15) is 10.2 Å². The van der Waals surface area contributed by atoms with Crippen molar-refractivity contribution in [2.75, 3.05) is 25.0 Å². The van der Waals surface area contributed by atoms with Gasteiger partial charge in [0, 0.05) is 25.3 Å². The van der Waals surface area contributed by atoms with Crippen molar-refractivity contribution in [2.45, 2.75) is 25.4 Å². The zero-order chi connectivity index (χ0) is 21.2. The minimum Gasteiger partial charge on any atom is -0.351 e. The molecule has 4 heterocycles. The monoisotopic (exact) mass is 416 g/mol. The molecule has 4 aromatic rings. The van der Waals surface area contributed by atoms with Gasteiger partial charge in [-0.3, -0.25) is 9.69 Å². The van der Waals surface area contributed by atoms with Crippen molar-refractivity contribution in [1.29, 1.82) is 0 Å². The van der Waals surface area contributed by atoms with Gasteiger partial charge in [-0.1, -0.05) is 18.2 Å². The lowest BCUT2D eigenvalue weighted by molar-refractivity contribution is 0.295. The summed E-state index contributed by atoms with van der Waals surface area (Å²) in [6, 6.07) is 14.0. The Morgan fingerprint density at radius 3 is 2.87 bits per heavy atom. The topological polar surface area (TPSA) is 95.8 Å². The van der Waals surface area contributed by atoms with Gasteiger partial charge >= 0.3 is 0 Å². The first-order chi connectivity index (χ1) is 15.2. The molecular formula is C22H24N8O. The summed E-state index contributed by atoms with van der Waals surface area (Å²) >= 11 is 0. The summed E-state index contributed by atoms with van der Waals surface area (Å²) in [6.45, 7) is 2.36. The van der Waals surface area contributed by atoms with Gasteiger partial charge in [0.05, 0.1) is 18.4 Å². The van der Waals surface area contributed by atoms with E-state index in [1.165, 1.54) is 0 Å². The summed E-state index contributed by atoms with van der Waals surface area (Å²) in [6.07, 6.45) is 5.50. The molecule has 1 atom stereocenters. The van der Waals surface area contributed by atoms with Crippen LogP contribution < -0.4 is 10.5 Å². The van der Waals surface area contributed by atoms with E-state index >= 15 is 0 Å². The third kappa shape index (κ3) is 3.91. The standard InChI is InChI=1S/C22H24N8O/c1-28(14-17-9-6-12-29(17)20-10-5-11-23-27-20)15-19-25-21-18(22(31)26-19)13-24-30(21)16-7-3-2-4-8-16/h2-5,7-8,10-11,13,17H,6,9,12,14-15H2,1H3,(H,25,26,31). The van der Waals surface area contributed by atoms with E-state index in [-0.39, 0.29) is 5.56 Å². The minimum atomic E-state index is -0.169. The zero-order valence-corrected chi connectivity index (χ0v) is 17.3. The van der Waals surface area contributed by atoms with Crippen LogP contribution in [0.5, 0.6) is 0 Å². The summed E-state index contributed by atoms with van der Waals surface area (Å²) in [5, 5.41) is 13.1. The molecule has 1 aromatic carbocycles. The minimum absolute atomic E-state index is 0.169. The van der Waals surface area contributed by atoms with Crippen LogP contribution in [-0.2, 0) is 6.54 Å². The fraction of sp³-hybridized carbons (Fsp3) is 0.318. The number of nitrogens with zero attached hydrogens (tertiary/aromatic N) is 7. The fourth-order valence-electron chi connectivity index (χ4n) is 4.25. The molecule has 0 aliphatic carbocycles. The van der Waals surface area contributed by atoms with Crippen LogP contribution in [0.25, 0.3) is 16.7 Å².